The van der Waals surface area contributed by atoms with E-state index < -0.39 is 22.7 Å². The first-order valence-corrected chi connectivity index (χ1v) is 5.79. The van der Waals surface area contributed by atoms with Crippen LogP contribution in [-0.2, 0) is 20.6 Å². The zero-order valence-electron chi connectivity index (χ0n) is 8.47. The standard InChI is InChI=1S/C10H11NO3S/c1-8(12)10(13)11(15(2)14)9-6-4-3-5-7-9/h3-7H,1-2H3. The summed E-state index contributed by atoms with van der Waals surface area (Å²) in [5.41, 5.74) is 0.457. The maximum Gasteiger partial charge on any atom is 0.305 e. The van der Waals surface area contributed by atoms with Crippen LogP contribution in [0.25, 0.3) is 0 Å². The van der Waals surface area contributed by atoms with Crippen LogP contribution in [0.5, 0.6) is 0 Å². The molecule has 1 atom stereocenters. The molecule has 0 fully saturated rings. The van der Waals surface area contributed by atoms with Gasteiger partial charge in [0.15, 0.2) is 0 Å². The summed E-state index contributed by atoms with van der Waals surface area (Å²) in [6.45, 7) is 1.16. The topological polar surface area (TPSA) is 54.5 Å². The minimum Gasteiger partial charge on any atom is -0.289 e. The van der Waals surface area contributed by atoms with Gasteiger partial charge in [-0.3, -0.25) is 9.59 Å². The van der Waals surface area contributed by atoms with Gasteiger partial charge in [-0.1, -0.05) is 18.2 Å². The fourth-order valence-electron chi connectivity index (χ4n) is 1.09. The van der Waals surface area contributed by atoms with Crippen LogP contribution in [0.1, 0.15) is 6.92 Å². The summed E-state index contributed by atoms with van der Waals surface area (Å²) in [5, 5.41) is 0. The smallest absolute Gasteiger partial charge is 0.289 e. The summed E-state index contributed by atoms with van der Waals surface area (Å²) in [4.78, 5) is 22.4. The van der Waals surface area contributed by atoms with Crippen molar-refractivity contribution in [3.05, 3.63) is 30.3 Å². The number of Topliss-reactive ketones (excluding diaryl/α,β-unsaturated/α-hetero) is 1. The summed E-state index contributed by atoms with van der Waals surface area (Å²) in [5.74, 6) is -1.39. The molecule has 0 heterocycles. The maximum absolute atomic E-state index is 11.5. The summed E-state index contributed by atoms with van der Waals surface area (Å²) in [6, 6.07) is 8.45. The monoisotopic (exact) mass is 225 g/mol. The molecule has 0 N–H and O–H groups in total. The fourth-order valence-corrected chi connectivity index (χ4v) is 1.87. The summed E-state index contributed by atoms with van der Waals surface area (Å²) >= 11 is 0. The van der Waals surface area contributed by atoms with Gasteiger partial charge in [0.05, 0.1) is 5.69 Å². The maximum atomic E-state index is 11.5. The van der Waals surface area contributed by atoms with Gasteiger partial charge >= 0.3 is 5.91 Å². The molecule has 0 spiro atoms. The Morgan fingerprint density at radius 1 is 1.20 bits per heavy atom. The van der Waals surface area contributed by atoms with E-state index in [-0.39, 0.29) is 0 Å². The minimum atomic E-state index is -1.54. The van der Waals surface area contributed by atoms with E-state index in [1.807, 2.05) is 0 Å². The lowest BCUT2D eigenvalue weighted by atomic mass is 10.3. The van der Waals surface area contributed by atoms with Crippen molar-refractivity contribution < 1.29 is 13.8 Å². The molecule has 1 aromatic rings. The van der Waals surface area contributed by atoms with E-state index in [9.17, 15) is 13.8 Å². The van der Waals surface area contributed by atoms with E-state index in [1.54, 1.807) is 30.3 Å². The summed E-state index contributed by atoms with van der Waals surface area (Å²) < 4.78 is 12.3. The van der Waals surface area contributed by atoms with Crippen molar-refractivity contribution >= 4 is 28.4 Å². The summed E-state index contributed by atoms with van der Waals surface area (Å²) in [7, 11) is -1.54. The van der Waals surface area contributed by atoms with Crippen LogP contribution >= 0.6 is 0 Å². The lowest BCUT2D eigenvalue weighted by Crippen LogP contribution is -2.36. The normalized spacial score (nSPS) is 11.9. The molecule has 4 nitrogen and oxygen atoms in total. The van der Waals surface area contributed by atoms with Crippen molar-refractivity contribution in [3.63, 3.8) is 0 Å². The zero-order valence-corrected chi connectivity index (χ0v) is 9.28. The predicted octanol–water partition coefficient (Wildman–Crippen LogP) is 0.902. The molecule has 0 aliphatic carbocycles. The molecule has 0 aliphatic rings. The fraction of sp³-hybridized carbons (Fsp3) is 0.200. The first-order valence-electron chi connectivity index (χ1n) is 4.27. The van der Waals surface area contributed by atoms with E-state index in [1.165, 1.54) is 6.26 Å². The van der Waals surface area contributed by atoms with Gasteiger partial charge in [-0.25, -0.2) is 8.51 Å². The number of ketones is 1. The highest BCUT2D eigenvalue weighted by molar-refractivity contribution is 7.86. The average Bonchev–Trinajstić information content (AvgIpc) is 2.18. The largest absolute Gasteiger partial charge is 0.305 e. The lowest BCUT2D eigenvalue weighted by molar-refractivity contribution is -0.134. The number of carbonyl (C=O) groups is 2. The third-order valence-corrected chi connectivity index (χ3v) is 2.62. The van der Waals surface area contributed by atoms with Crippen molar-refractivity contribution in [2.24, 2.45) is 0 Å². The van der Waals surface area contributed by atoms with E-state index >= 15 is 0 Å². The number of carbonyl (C=O) groups excluding carboxylic acids is 2. The third-order valence-electron chi connectivity index (χ3n) is 1.73. The Hall–Kier alpha value is -1.49. The van der Waals surface area contributed by atoms with E-state index in [4.69, 9.17) is 0 Å². The van der Waals surface area contributed by atoms with Gasteiger partial charge in [-0.15, -0.1) is 0 Å². The molecule has 1 amide bonds. The number of benzene rings is 1. The van der Waals surface area contributed by atoms with Crippen LogP contribution in [-0.4, -0.2) is 22.2 Å². The molecule has 0 aliphatic heterocycles. The first kappa shape index (κ1) is 11.6. The van der Waals surface area contributed by atoms with Crippen LogP contribution in [0.15, 0.2) is 30.3 Å². The number of amides is 1. The molecule has 80 valence electrons. The Kier molecular flexibility index (Phi) is 3.74. The third kappa shape index (κ3) is 2.73. The second kappa shape index (κ2) is 4.84. The quantitative estimate of drug-likeness (QED) is 0.718. The van der Waals surface area contributed by atoms with E-state index in [0.717, 1.165) is 11.2 Å². The van der Waals surface area contributed by atoms with Gasteiger partial charge in [0, 0.05) is 13.2 Å². The number of rotatable bonds is 3. The molecule has 0 saturated heterocycles. The molecule has 1 rings (SSSR count). The number of anilines is 1. The van der Waals surface area contributed by atoms with Gasteiger partial charge in [-0.05, 0) is 12.1 Å². The molecule has 0 aromatic heterocycles. The Morgan fingerprint density at radius 2 is 1.73 bits per heavy atom. The molecule has 15 heavy (non-hydrogen) atoms. The Morgan fingerprint density at radius 3 is 2.13 bits per heavy atom. The second-order valence-corrected chi connectivity index (χ2v) is 4.13. The van der Waals surface area contributed by atoms with Crippen molar-refractivity contribution in [2.75, 3.05) is 10.6 Å². The Balaban J connectivity index is 3.10. The molecule has 0 bridgehead atoms. The molecule has 1 unspecified atom stereocenters. The molecule has 0 saturated carbocycles. The van der Waals surface area contributed by atoms with Gasteiger partial charge in [0.2, 0.25) is 5.78 Å². The minimum absolute atomic E-state index is 0.457. The highest BCUT2D eigenvalue weighted by Gasteiger charge is 2.22. The average molecular weight is 225 g/mol. The van der Waals surface area contributed by atoms with Gasteiger partial charge < -0.3 is 0 Å². The van der Waals surface area contributed by atoms with Crippen LogP contribution in [0.4, 0.5) is 5.69 Å². The van der Waals surface area contributed by atoms with Gasteiger partial charge in [0.25, 0.3) is 0 Å². The SMILES string of the molecule is CC(=O)C(=O)N(c1ccccc1)S(C)=O. The van der Waals surface area contributed by atoms with Crippen molar-refractivity contribution in [2.45, 2.75) is 6.92 Å². The molecular weight excluding hydrogens is 214 g/mol. The van der Waals surface area contributed by atoms with Gasteiger partial charge in [0.1, 0.15) is 11.0 Å². The van der Waals surface area contributed by atoms with Crippen molar-refractivity contribution in [3.8, 4) is 0 Å². The van der Waals surface area contributed by atoms with E-state index in [0.29, 0.717) is 5.69 Å². The number of hydrogen-bond donors (Lipinski definition) is 0. The van der Waals surface area contributed by atoms with Gasteiger partial charge in [-0.2, -0.15) is 0 Å². The van der Waals surface area contributed by atoms with Crippen molar-refractivity contribution in [1.29, 1.82) is 0 Å². The number of nitrogens with zero attached hydrogens (tertiary/aromatic N) is 1. The highest BCUT2D eigenvalue weighted by Crippen LogP contribution is 2.15. The number of para-hydroxylation sites is 1. The predicted molar refractivity (Wildman–Crippen MR) is 58.7 cm³/mol. The highest BCUT2D eigenvalue weighted by atomic mass is 32.2. The van der Waals surface area contributed by atoms with Crippen LogP contribution < -0.4 is 4.31 Å². The Bertz CT molecular complexity index is 402. The van der Waals surface area contributed by atoms with Crippen molar-refractivity contribution in [1.82, 2.24) is 0 Å². The first-order chi connectivity index (χ1) is 7.04. The van der Waals surface area contributed by atoms with Crippen LogP contribution in [0, 0.1) is 0 Å². The van der Waals surface area contributed by atoms with Crippen LogP contribution in [0.3, 0.4) is 0 Å². The summed E-state index contributed by atoms with van der Waals surface area (Å²) in [6.07, 6.45) is 1.36. The second-order valence-electron chi connectivity index (χ2n) is 2.92. The molecule has 1 aromatic carbocycles. The number of hydrogen-bond acceptors (Lipinski definition) is 3. The molecular formula is C10H11NO3S. The zero-order chi connectivity index (χ0) is 11.4. The van der Waals surface area contributed by atoms with E-state index in [2.05, 4.69) is 0 Å². The Labute approximate surface area is 90.5 Å². The van der Waals surface area contributed by atoms with Crippen LogP contribution in [0.2, 0.25) is 0 Å². The molecule has 0 radical (unpaired) electrons. The molecule has 5 heteroatoms. The lowest BCUT2D eigenvalue weighted by Gasteiger charge is -2.17.